The summed E-state index contributed by atoms with van der Waals surface area (Å²) in [7, 11) is 0. The van der Waals surface area contributed by atoms with Crippen molar-refractivity contribution >= 4 is 0 Å². The standard InChI is InChI=1S/C19H18FN5O/c20-15-6-2-1-5-14(15)19-17-12-26-18-11-24(9-13-4-3-7-21-8-13)10-16(18)25(17)23-22-19/h1-8,16,18H,9-12H2/t16-,18-/m1/s1. The lowest BCUT2D eigenvalue weighted by molar-refractivity contribution is -0.00494. The molecule has 0 radical (unpaired) electrons. The molecular weight excluding hydrogens is 333 g/mol. The monoisotopic (exact) mass is 351 g/mol. The van der Waals surface area contributed by atoms with Crippen LogP contribution in [0.2, 0.25) is 0 Å². The Balaban J connectivity index is 1.41. The highest BCUT2D eigenvalue weighted by Gasteiger charge is 2.40. The maximum absolute atomic E-state index is 14.2. The molecule has 2 aromatic heterocycles. The highest BCUT2D eigenvalue weighted by molar-refractivity contribution is 5.62. The summed E-state index contributed by atoms with van der Waals surface area (Å²) >= 11 is 0. The average molecular weight is 351 g/mol. The largest absolute Gasteiger partial charge is 0.368 e. The predicted octanol–water partition coefficient (Wildman–Crippen LogP) is 2.43. The molecule has 0 amide bonds. The van der Waals surface area contributed by atoms with Gasteiger partial charge in [-0.25, -0.2) is 9.07 Å². The summed E-state index contributed by atoms with van der Waals surface area (Å²) < 4.78 is 22.2. The van der Waals surface area contributed by atoms with Gasteiger partial charge in [-0.05, 0) is 23.8 Å². The molecule has 0 unspecified atom stereocenters. The van der Waals surface area contributed by atoms with Crippen LogP contribution in [0.5, 0.6) is 0 Å². The zero-order valence-electron chi connectivity index (χ0n) is 14.1. The molecule has 7 heteroatoms. The molecule has 1 aromatic carbocycles. The molecule has 3 aromatic rings. The number of hydrogen-bond acceptors (Lipinski definition) is 5. The first-order chi connectivity index (χ1) is 12.8. The van der Waals surface area contributed by atoms with Gasteiger partial charge >= 0.3 is 0 Å². The minimum Gasteiger partial charge on any atom is -0.368 e. The molecular formula is C19H18FN5O. The van der Waals surface area contributed by atoms with E-state index in [1.807, 2.05) is 23.0 Å². The Hall–Kier alpha value is -2.64. The molecule has 2 aliphatic rings. The summed E-state index contributed by atoms with van der Waals surface area (Å²) in [6, 6.07) is 10.8. The molecule has 2 aliphatic heterocycles. The molecule has 26 heavy (non-hydrogen) atoms. The first-order valence-corrected chi connectivity index (χ1v) is 8.71. The molecule has 5 rings (SSSR count). The third kappa shape index (κ3) is 2.60. The second-order valence-corrected chi connectivity index (χ2v) is 6.78. The quantitative estimate of drug-likeness (QED) is 0.725. The Morgan fingerprint density at radius 2 is 2.08 bits per heavy atom. The Bertz CT molecular complexity index is 929. The van der Waals surface area contributed by atoms with Crippen LogP contribution in [0.15, 0.2) is 48.8 Å². The van der Waals surface area contributed by atoms with Gasteiger partial charge in [0.25, 0.3) is 0 Å². The summed E-state index contributed by atoms with van der Waals surface area (Å²) in [4.78, 5) is 6.52. The van der Waals surface area contributed by atoms with Gasteiger partial charge in [-0.3, -0.25) is 9.88 Å². The molecule has 1 fully saturated rings. The smallest absolute Gasteiger partial charge is 0.132 e. The normalized spacial score (nSPS) is 22.2. The van der Waals surface area contributed by atoms with E-state index in [9.17, 15) is 4.39 Å². The van der Waals surface area contributed by atoms with E-state index in [4.69, 9.17) is 4.74 Å². The molecule has 2 atom stereocenters. The Morgan fingerprint density at radius 1 is 1.15 bits per heavy atom. The number of likely N-dealkylation sites (tertiary alicyclic amines) is 1. The van der Waals surface area contributed by atoms with Crippen LogP contribution in [0, 0.1) is 5.82 Å². The molecule has 4 heterocycles. The molecule has 6 nitrogen and oxygen atoms in total. The van der Waals surface area contributed by atoms with Gasteiger partial charge in [-0.1, -0.05) is 23.4 Å². The van der Waals surface area contributed by atoms with Crippen molar-refractivity contribution in [3.63, 3.8) is 0 Å². The number of nitrogens with zero attached hydrogens (tertiary/aromatic N) is 5. The van der Waals surface area contributed by atoms with E-state index in [2.05, 4.69) is 26.3 Å². The fourth-order valence-corrected chi connectivity index (χ4v) is 3.87. The van der Waals surface area contributed by atoms with Crippen molar-refractivity contribution in [3.8, 4) is 11.3 Å². The van der Waals surface area contributed by atoms with Crippen molar-refractivity contribution in [2.45, 2.75) is 25.3 Å². The van der Waals surface area contributed by atoms with Crippen LogP contribution in [-0.4, -0.2) is 44.1 Å². The number of hydrogen-bond donors (Lipinski definition) is 0. The molecule has 0 N–H and O–H groups in total. The molecule has 0 bridgehead atoms. The van der Waals surface area contributed by atoms with Gasteiger partial charge in [-0.15, -0.1) is 5.10 Å². The zero-order chi connectivity index (χ0) is 17.5. The Morgan fingerprint density at radius 3 is 2.92 bits per heavy atom. The Kier molecular flexibility index (Phi) is 3.76. The minimum absolute atomic E-state index is 0.0781. The van der Waals surface area contributed by atoms with Gasteiger partial charge < -0.3 is 4.74 Å². The highest BCUT2D eigenvalue weighted by Crippen LogP contribution is 2.35. The van der Waals surface area contributed by atoms with Crippen LogP contribution in [-0.2, 0) is 17.9 Å². The maximum atomic E-state index is 14.2. The zero-order valence-corrected chi connectivity index (χ0v) is 14.1. The van der Waals surface area contributed by atoms with Gasteiger partial charge in [0, 0.05) is 37.6 Å². The van der Waals surface area contributed by atoms with Crippen LogP contribution in [0.25, 0.3) is 11.3 Å². The van der Waals surface area contributed by atoms with Crippen LogP contribution in [0.1, 0.15) is 17.3 Å². The fourth-order valence-electron chi connectivity index (χ4n) is 3.87. The number of rotatable bonds is 3. The molecule has 0 aliphatic carbocycles. The van der Waals surface area contributed by atoms with Crippen LogP contribution in [0.4, 0.5) is 4.39 Å². The minimum atomic E-state index is -0.289. The van der Waals surface area contributed by atoms with E-state index in [1.165, 1.54) is 11.6 Å². The SMILES string of the molecule is Fc1ccccc1-c1nnn2c1CO[C@@H]1CN(Cc3cccnc3)C[C@H]12. The van der Waals surface area contributed by atoms with Crippen molar-refractivity contribution in [3.05, 3.63) is 65.9 Å². The molecule has 0 saturated carbocycles. The van der Waals surface area contributed by atoms with Gasteiger partial charge in [0.05, 0.1) is 24.4 Å². The molecule has 0 spiro atoms. The summed E-state index contributed by atoms with van der Waals surface area (Å²) in [6.45, 7) is 2.90. The lowest BCUT2D eigenvalue weighted by Crippen LogP contribution is -2.32. The summed E-state index contributed by atoms with van der Waals surface area (Å²) in [5.74, 6) is -0.289. The predicted molar refractivity (Wildman–Crippen MR) is 92.5 cm³/mol. The van der Waals surface area contributed by atoms with E-state index in [0.717, 1.165) is 25.3 Å². The third-order valence-electron chi connectivity index (χ3n) is 5.11. The summed E-state index contributed by atoms with van der Waals surface area (Å²) in [5.41, 5.74) is 3.07. The van der Waals surface area contributed by atoms with Gasteiger partial charge in [0.1, 0.15) is 11.5 Å². The van der Waals surface area contributed by atoms with Crippen LogP contribution >= 0.6 is 0 Å². The van der Waals surface area contributed by atoms with E-state index in [1.54, 1.807) is 18.3 Å². The number of fused-ring (bicyclic) bond motifs is 3. The summed E-state index contributed by atoms with van der Waals surface area (Å²) in [5, 5.41) is 8.60. The maximum Gasteiger partial charge on any atom is 0.132 e. The van der Waals surface area contributed by atoms with Crippen LogP contribution in [0.3, 0.4) is 0 Å². The van der Waals surface area contributed by atoms with E-state index in [-0.39, 0.29) is 18.0 Å². The molecule has 132 valence electrons. The molecule has 1 saturated heterocycles. The first-order valence-electron chi connectivity index (χ1n) is 8.71. The van der Waals surface area contributed by atoms with Gasteiger partial charge in [0.2, 0.25) is 0 Å². The average Bonchev–Trinajstić information content (AvgIpc) is 3.26. The fraction of sp³-hybridized carbons (Fsp3) is 0.316. The van der Waals surface area contributed by atoms with E-state index in [0.29, 0.717) is 17.9 Å². The van der Waals surface area contributed by atoms with Crippen molar-refractivity contribution in [1.82, 2.24) is 24.9 Å². The number of benzene rings is 1. The number of halogens is 1. The highest BCUT2D eigenvalue weighted by atomic mass is 19.1. The number of ether oxygens (including phenoxy) is 1. The van der Waals surface area contributed by atoms with Crippen molar-refractivity contribution in [2.24, 2.45) is 0 Å². The number of aromatic nitrogens is 4. The van der Waals surface area contributed by atoms with Crippen molar-refractivity contribution < 1.29 is 9.13 Å². The van der Waals surface area contributed by atoms with E-state index < -0.39 is 0 Å². The first kappa shape index (κ1) is 15.6. The van der Waals surface area contributed by atoms with E-state index >= 15 is 0 Å². The van der Waals surface area contributed by atoms with Crippen LogP contribution < -0.4 is 0 Å². The lowest BCUT2D eigenvalue weighted by Gasteiger charge is -2.26. The number of pyridine rings is 1. The van der Waals surface area contributed by atoms with Gasteiger partial charge in [-0.2, -0.15) is 0 Å². The lowest BCUT2D eigenvalue weighted by atomic mass is 10.1. The second-order valence-electron chi connectivity index (χ2n) is 6.78. The second kappa shape index (κ2) is 6.26. The van der Waals surface area contributed by atoms with Crippen molar-refractivity contribution in [1.29, 1.82) is 0 Å². The van der Waals surface area contributed by atoms with Gasteiger partial charge in [0.15, 0.2) is 0 Å². The summed E-state index contributed by atoms with van der Waals surface area (Å²) in [6.07, 6.45) is 3.75. The Labute approximate surface area is 150 Å². The topological polar surface area (TPSA) is 56.1 Å². The third-order valence-corrected chi connectivity index (χ3v) is 5.11. The van der Waals surface area contributed by atoms with Crippen molar-refractivity contribution in [2.75, 3.05) is 13.1 Å².